The van der Waals surface area contributed by atoms with Crippen LogP contribution in [0.15, 0.2) is 45.8 Å². The Morgan fingerprint density at radius 2 is 1.62 bits per heavy atom. The van der Waals surface area contributed by atoms with Crippen LogP contribution in [-0.2, 0) is 14.8 Å². The number of rotatable bonds is 7. The minimum atomic E-state index is -3.72. The third-order valence-corrected chi connectivity index (χ3v) is 6.37. The molecule has 0 atom stereocenters. The predicted molar refractivity (Wildman–Crippen MR) is 127 cm³/mol. The van der Waals surface area contributed by atoms with Crippen molar-refractivity contribution in [1.29, 1.82) is 0 Å². The van der Waals surface area contributed by atoms with Crippen LogP contribution in [0.4, 0.5) is 11.4 Å². The predicted octanol–water partition coefficient (Wildman–Crippen LogP) is 5.23. The largest absolute Gasteiger partial charge is 0.354 e. The van der Waals surface area contributed by atoms with Crippen molar-refractivity contribution in [2.45, 2.75) is 45.9 Å². The van der Waals surface area contributed by atoms with Gasteiger partial charge in [-0.15, -0.1) is 0 Å². The molecule has 3 rings (SSSR count). The van der Waals surface area contributed by atoms with Gasteiger partial charge in [-0.2, -0.15) is 0 Å². The fourth-order valence-corrected chi connectivity index (χ4v) is 4.55. The molecule has 7 nitrogen and oxygen atoms in total. The van der Waals surface area contributed by atoms with Crippen LogP contribution >= 0.6 is 0 Å². The van der Waals surface area contributed by atoms with Gasteiger partial charge in [0.05, 0.1) is 10.6 Å². The van der Waals surface area contributed by atoms with E-state index in [1.54, 1.807) is 50.3 Å². The summed E-state index contributed by atoms with van der Waals surface area (Å²) in [6.07, 6.45) is 3.80. The van der Waals surface area contributed by atoms with Gasteiger partial charge in [-0.05, 0) is 62.6 Å². The summed E-state index contributed by atoms with van der Waals surface area (Å²) in [7, 11) is -3.72. The van der Waals surface area contributed by atoms with Gasteiger partial charge >= 0.3 is 0 Å². The number of nitrogens with zero attached hydrogens (tertiary/aromatic N) is 1. The van der Waals surface area contributed by atoms with Crippen molar-refractivity contribution < 1.29 is 17.7 Å². The van der Waals surface area contributed by atoms with Crippen molar-refractivity contribution >= 4 is 39.5 Å². The molecule has 0 aliphatic carbocycles. The molecule has 0 aliphatic rings. The zero-order chi connectivity index (χ0) is 23.5. The van der Waals surface area contributed by atoms with E-state index in [-0.39, 0.29) is 10.8 Å². The van der Waals surface area contributed by atoms with Crippen molar-refractivity contribution in [3.63, 3.8) is 0 Å². The number of aromatic nitrogens is 1. The summed E-state index contributed by atoms with van der Waals surface area (Å²) in [5.74, 6) is 0.292. The molecule has 1 heterocycles. The topological polar surface area (TPSA) is 101 Å². The molecule has 0 unspecified atom stereocenters. The second kappa shape index (κ2) is 9.40. The normalized spacial score (nSPS) is 11.7. The van der Waals surface area contributed by atoms with E-state index in [0.29, 0.717) is 29.2 Å². The Labute approximate surface area is 188 Å². The van der Waals surface area contributed by atoms with Crippen LogP contribution in [-0.4, -0.2) is 19.5 Å². The van der Waals surface area contributed by atoms with Gasteiger partial charge in [0.25, 0.3) is 10.0 Å². The average molecular weight is 454 g/mol. The number of benzene rings is 2. The Morgan fingerprint density at radius 3 is 2.22 bits per heavy atom. The molecule has 0 bridgehead atoms. The van der Waals surface area contributed by atoms with Crippen molar-refractivity contribution in [1.82, 2.24) is 5.16 Å². The zero-order valence-corrected chi connectivity index (χ0v) is 19.6. The molecule has 8 heteroatoms. The maximum atomic E-state index is 12.9. The van der Waals surface area contributed by atoms with Crippen LogP contribution in [0.25, 0.3) is 12.2 Å². The molecular weight excluding hydrogens is 426 g/mol. The monoisotopic (exact) mass is 453 g/mol. The molecule has 1 amide bonds. The number of nitrogens with one attached hydrogen (secondary N) is 2. The van der Waals surface area contributed by atoms with Crippen molar-refractivity contribution in [2.75, 3.05) is 10.0 Å². The quantitative estimate of drug-likeness (QED) is 0.510. The van der Waals surface area contributed by atoms with Gasteiger partial charge in [-0.1, -0.05) is 48.0 Å². The Hall–Kier alpha value is -3.39. The molecular formula is C24H27N3O4S. The van der Waals surface area contributed by atoms with Gasteiger partial charge in [-0.25, -0.2) is 8.42 Å². The fourth-order valence-electron chi connectivity index (χ4n) is 3.35. The first-order valence-electron chi connectivity index (χ1n) is 10.3. The van der Waals surface area contributed by atoms with Gasteiger partial charge in [0.1, 0.15) is 11.4 Å². The van der Waals surface area contributed by atoms with E-state index < -0.39 is 10.0 Å². The number of hydrogen-bond donors (Lipinski definition) is 2. The summed E-state index contributed by atoms with van der Waals surface area (Å²) in [4.78, 5) is 11.9. The van der Waals surface area contributed by atoms with E-state index in [1.165, 1.54) is 0 Å². The van der Waals surface area contributed by atoms with E-state index in [2.05, 4.69) is 15.2 Å². The maximum Gasteiger partial charge on any atom is 0.261 e. The highest BCUT2D eigenvalue weighted by Crippen LogP contribution is 2.26. The van der Waals surface area contributed by atoms with Gasteiger partial charge in [-0.3, -0.25) is 9.52 Å². The second-order valence-electron chi connectivity index (χ2n) is 7.69. The molecule has 0 fully saturated rings. The van der Waals surface area contributed by atoms with Crippen LogP contribution in [0.1, 0.15) is 47.1 Å². The minimum absolute atomic E-state index is 0.132. The average Bonchev–Trinajstić information content (AvgIpc) is 3.08. The Kier molecular flexibility index (Phi) is 6.84. The number of hydrogen-bond acceptors (Lipinski definition) is 5. The molecule has 3 aromatic rings. The van der Waals surface area contributed by atoms with Crippen molar-refractivity contribution in [3.05, 3.63) is 70.1 Å². The molecule has 2 aromatic carbocycles. The highest BCUT2D eigenvalue weighted by atomic mass is 32.2. The molecule has 0 saturated heterocycles. The van der Waals surface area contributed by atoms with Crippen molar-refractivity contribution in [2.24, 2.45) is 0 Å². The lowest BCUT2D eigenvalue weighted by Crippen LogP contribution is -2.14. The number of sulfonamides is 1. The second-order valence-corrected chi connectivity index (χ2v) is 9.37. The van der Waals surface area contributed by atoms with Gasteiger partial charge in [0, 0.05) is 6.42 Å². The Morgan fingerprint density at radius 1 is 1.00 bits per heavy atom. The lowest BCUT2D eigenvalue weighted by molar-refractivity contribution is -0.115. The molecule has 1 aromatic heterocycles. The molecule has 2 N–H and O–H groups in total. The molecule has 0 radical (unpaired) electrons. The van der Waals surface area contributed by atoms with Crippen LogP contribution in [0.5, 0.6) is 0 Å². The first-order valence-corrected chi connectivity index (χ1v) is 11.7. The summed E-state index contributed by atoms with van der Waals surface area (Å²) in [6, 6.07) is 10.4. The van der Waals surface area contributed by atoms with Gasteiger partial charge < -0.3 is 9.84 Å². The number of amides is 1. The molecule has 0 spiro atoms. The number of aryl methyl sites for hydroxylation is 4. The van der Waals surface area contributed by atoms with E-state index in [4.69, 9.17) is 4.52 Å². The lowest BCUT2D eigenvalue weighted by atomic mass is 10.1. The summed E-state index contributed by atoms with van der Waals surface area (Å²) in [6.45, 7) is 9.25. The standard InChI is InChI=1S/C24H27N3O4S/c1-6-22(28)25-24-18(5)26-31-21(24)12-9-19-7-10-20(11-8-19)32(29,30)27-23-16(3)13-15(2)14-17(23)4/h7-14,27H,6H2,1-5H3,(H,25,28)/b12-9-. The number of anilines is 2. The summed E-state index contributed by atoms with van der Waals surface area (Å²) < 4.78 is 33.7. The van der Waals surface area contributed by atoms with E-state index in [0.717, 1.165) is 22.3 Å². The first kappa shape index (κ1) is 23.3. The minimum Gasteiger partial charge on any atom is -0.354 e. The molecule has 168 valence electrons. The van der Waals surface area contributed by atoms with E-state index in [1.807, 2.05) is 32.9 Å². The van der Waals surface area contributed by atoms with Gasteiger partial charge in [0.2, 0.25) is 5.91 Å². The third kappa shape index (κ3) is 5.26. The van der Waals surface area contributed by atoms with Crippen LogP contribution in [0.3, 0.4) is 0 Å². The van der Waals surface area contributed by atoms with Crippen molar-refractivity contribution in [3.8, 4) is 0 Å². The fraction of sp³-hybridized carbons (Fsp3) is 0.250. The third-order valence-electron chi connectivity index (χ3n) is 5.01. The smallest absolute Gasteiger partial charge is 0.261 e. The highest BCUT2D eigenvalue weighted by molar-refractivity contribution is 7.92. The Balaban J connectivity index is 1.79. The molecule has 0 saturated carbocycles. The summed E-state index contributed by atoms with van der Waals surface area (Å²) in [5.41, 5.74) is 5.31. The summed E-state index contributed by atoms with van der Waals surface area (Å²) in [5, 5.41) is 6.67. The van der Waals surface area contributed by atoms with Crippen LogP contribution < -0.4 is 10.0 Å². The highest BCUT2D eigenvalue weighted by Gasteiger charge is 2.17. The number of carbonyl (C=O) groups is 1. The zero-order valence-electron chi connectivity index (χ0n) is 18.8. The van der Waals surface area contributed by atoms with Crippen LogP contribution in [0.2, 0.25) is 0 Å². The lowest BCUT2D eigenvalue weighted by Gasteiger charge is -2.14. The van der Waals surface area contributed by atoms with Gasteiger partial charge in [0.15, 0.2) is 5.76 Å². The van der Waals surface area contributed by atoms with E-state index >= 15 is 0 Å². The molecule has 32 heavy (non-hydrogen) atoms. The maximum absolute atomic E-state index is 12.9. The SMILES string of the molecule is CCC(=O)Nc1c(C)noc1/C=C\c1ccc(S(=O)(=O)Nc2c(C)cc(C)cc2C)cc1. The first-order chi connectivity index (χ1) is 15.1. The molecule has 0 aliphatic heterocycles. The summed E-state index contributed by atoms with van der Waals surface area (Å²) >= 11 is 0. The Bertz CT molecular complexity index is 1250. The van der Waals surface area contributed by atoms with Crippen LogP contribution in [0, 0.1) is 27.7 Å². The number of carbonyl (C=O) groups excluding carboxylic acids is 1. The van der Waals surface area contributed by atoms with E-state index in [9.17, 15) is 13.2 Å².